The number of pyridine rings is 1. The van der Waals surface area contributed by atoms with E-state index in [9.17, 15) is 4.79 Å². The molecule has 0 radical (unpaired) electrons. The smallest absolute Gasteiger partial charge is 0.136 e. The first-order valence-electron chi connectivity index (χ1n) is 6.49. The van der Waals surface area contributed by atoms with Crippen LogP contribution in [0.3, 0.4) is 0 Å². The number of nitrogens with zero attached hydrogens (tertiary/aromatic N) is 1. The predicted octanol–water partition coefficient (Wildman–Crippen LogP) is 3.18. The lowest BCUT2D eigenvalue weighted by molar-refractivity contribution is -0.118. The minimum absolute atomic E-state index is 0.380. The second-order valence-corrected chi connectivity index (χ2v) is 5.01. The molecule has 0 saturated heterocycles. The number of carbonyl (C=O) groups excluding carboxylic acids is 1. The van der Waals surface area contributed by atoms with Gasteiger partial charge in [-0.2, -0.15) is 0 Å². The Kier molecular flexibility index (Phi) is 2.79. The average Bonchev–Trinajstić information content (AvgIpc) is 2.39. The topological polar surface area (TPSA) is 30.0 Å². The third-order valence-electron chi connectivity index (χ3n) is 3.93. The van der Waals surface area contributed by atoms with Crippen LogP contribution in [0.1, 0.15) is 49.3 Å². The van der Waals surface area contributed by atoms with Gasteiger partial charge >= 0.3 is 0 Å². The van der Waals surface area contributed by atoms with Crippen LogP contribution in [-0.4, -0.2) is 10.8 Å². The van der Waals surface area contributed by atoms with E-state index in [0.717, 1.165) is 19.3 Å². The van der Waals surface area contributed by atoms with Gasteiger partial charge in [-0.3, -0.25) is 9.78 Å². The second kappa shape index (κ2) is 4.44. The summed E-state index contributed by atoms with van der Waals surface area (Å²) in [5.74, 6) is 0.860. The number of hydrogen-bond acceptors (Lipinski definition) is 2. The van der Waals surface area contributed by atoms with E-state index in [1.165, 1.54) is 29.7 Å². The van der Waals surface area contributed by atoms with Crippen molar-refractivity contribution in [2.75, 3.05) is 0 Å². The summed E-state index contributed by atoms with van der Waals surface area (Å²) in [6, 6.07) is 4.23. The average molecular weight is 227 g/mol. The van der Waals surface area contributed by atoms with Crippen molar-refractivity contribution < 1.29 is 4.79 Å². The molecule has 0 bridgehead atoms. The fraction of sp³-hybridized carbons (Fsp3) is 0.467. The fourth-order valence-electron chi connectivity index (χ4n) is 3.02. The van der Waals surface area contributed by atoms with Gasteiger partial charge in [-0.15, -0.1) is 0 Å². The van der Waals surface area contributed by atoms with Gasteiger partial charge < -0.3 is 0 Å². The number of hydrogen-bond donors (Lipinski definition) is 0. The summed E-state index contributed by atoms with van der Waals surface area (Å²) in [6.07, 6.45) is 9.95. The number of aromatic nitrogens is 1. The summed E-state index contributed by atoms with van der Waals surface area (Å²) in [5.41, 5.74) is 4.12. The number of aryl methyl sites for hydroxylation is 1. The van der Waals surface area contributed by atoms with Crippen molar-refractivity contribution in [2.45, 2.75) is 44.4 Å². The maximum atomic E-state index is 11.3. The third-order valence-corrected chi connectivity index (χ3v) is 3.93. The van der Waals surface area contributed by atoms with Crippen LogP contribution in [0.4, 0.5) is 0 Å². The van der Waals surface area contributed by atoms with Crippen LogP contribution in [0, 0.1) is 0 Å². The van der Waals surface area contributed by atoms with E-state index in [0.29, 0.717) is 18.1 Å². The van der Waals surface area contributed by atoms with Gasteiger partial charge in [0.15, 0.2) is 0 Å². The van der Waals surface area contributed by atoms with E-state index in [4.69, 9.17) is 0 Å². The van der Waals surface area contributed by atoms with E-state index in [1.807, 2.05) is 12.3 Å². The lowest BCUT2D eigenvalue weighted by Crippen LogP contribution is -2.16. The standard InChI is InChI=1S/C15H17NO/c17-13-8-6-11(7-9-13)14-5-1-3-12-4-2-10-16-15(12)14/h2,4,6,10,14H,1,3,5,7-9H2. The van der Waals surface area contributed by atoms with Crippen LogP contribution in [0.2, 0.25) is 0 Å². The van der Waals surface area contributed by atoms with Gasteiger partial charge in [-0.25, -0.2) is 0 Å². The van der Waals surface area contributed by atoms with Gasteiger partial charge in [-0.05, 0) is 37.3 Å². The van der Waals surface area contributed by atoms with Crippen LogP contribution < -0.4 is 0 Å². The Hall–Kier alpha value is -1.44. The maximum Gasteiger partial charge on any atom is 0.136 e. The highest BCUT2D eigenvalue weighted by atomic mass is 16.1. The van der Waals surface area contributed by atoms with Crippen molar-refractivity contribution >= 4 is 5.78 Å². The number of allylic oxidation sites excluding steroid dienone is 2. The Labute approximate surface area is 102 Å². The Morgan fingerprint density at radius 2 is 2.18 bits per heavy atom. The van der Waals surface area contributed by atoms with Crippen molar-refractivity contribution in [3.63, 3.8) is 0 Å². The number of ketones is 1. The van der Waals surface area contributed by atoms with Crippen molar-refractivity contribution in [3.8, 4) is 0 Å². The molecule has 2 aliphatic rings. The Morgan fingerprint density at radius 3 is 3.00 bits per heavy atom. The number of carbonyl (C=O) groups is 1. The number of rotatable bonds is 1. The molecule has 2 heteroatoms. The van der Waals surface area contributed by atoms with E-state index in [-0.39, 0.29) is 0 Å². The van der Waals surface area contributed by atoms with Crippen LogP contribution >= 0.6 is 0 Å². The van der Waals surface area contributed by atoms with Crippen molar-refractivity contribution in [2.24, 2.45) is 0 Å². The van der Waals surface area contributed by atoms with E-state index >= 15 is 0 Å². The zero-order chi connectivity index (χ0) is 11.7. The lowest BCUT2D eigenvalue weighted by Gasteiger charge is -2.28. The van der Waals surface area contributed by atoms with Crippen molar-refractivity contribution in [1.82, 2.24) is 4.98 Å². The van der Waals surface area contributed by atoms with Gasteiger partial charge in [0.2, 0.25) is 0 Å². The quantitative estimate of drug-likeness (QED) is 0.690. The fourth-order valence-corrected chi connectivity index (χ4v) is 3.02. The predicted molar refractivity (Wildman–Crippen MR) is 66.9 cm³/mol. The molecular weight excluding hydrogens is 210 g/mol. The molecule has 1 aromatic heterocycles. The lowest BCUT2D eigenvalue weighted by atomic mass is 9.78. The third kappa shape index (κ3) is 2.04. The number of fused-ring (bicyclic) bond motifs is 1. The summed E-state index contributed by atoms with van der Waals surface area (Å²) in [5, 5.41) is 0. The zero-order valence-corrected chi connectivity index (χ0v) is 9.98. The molecule has 1 aromatic rings. The molecule has 0 saturated carbocycles. The van der Waals surface area contributed by atoms with Gasteiger partial charge in [0.25, 0.3) is 0 Å². The molecule has 2 aliphatic carbocycles. The van der Waals surface area contributed by atoms with E-state index in [1.54, 1.807) is 0 Å². The minimum Gasteiger partial charge on any atom is -0.299 e. The summed E-state index contributed by atoms with van der Waals surface area (Å²) >= 11 is 0. The van der Waals surface area contributed by atoms with Gasteiger partial charge in [-0.1, -0.05) is 17.7 Å². The molecule has 3 rings (SSSR count). The number of Topliss-reactive ketones (excluding diaryl/α,β-unsaturated/α-hetero) is 1. The Balaban J connectivity index is 1.93. The highest BCUT2D eigenvalue weighted by molar-refractivity contribution is 5.81. The first-order chi connectivity index (χ1) is 8.34. The highest BCUT2D eigenvalue weighted by Gasteiger charge is 2.26. The Morgan fingerprint density at radius 1 is 1.24 bits per heavy atom. The van der Waals surface area contributed by atoms with Gasteiger partial charge in [0, 0.05) is 25.0 Å². The molecule has 1 heterocycles. The van der Waals surface area contributed by atoms with Gasteiger partial charge in [0.1, 0.15) is 5.78 Å². The molecule has 0 aromatic carbocycles. The minimum atomic E-state index is 0.380. The van der Waals surface area contributed by atoms with Crippen LogP contribution in [0.5, 0.6) is 0 Å². The summed E-state index contributed by atoms with van der Waals surface area (Å²) < 4.78 is 0. The first kappa shape index (κ1) is 10.7. The van der Waals surface area contributed by atoms with E-state index in [2.05, 4.69) is 17.1 Å². The Bertz CT molecular complexity index is 476. The summed E-state index contributed by atoms with van der Waals surface area (Å²) in [4.78, 5) is 15.8. The molecule has 0 aliphatic heterocycles. The van der Waals surface area contributed by atoms with Crippen LogP contribution in [0.15, 0.2) is 30.0 Å². The van der Waals surface area contributed by atoms with Crippen molar-refractivity contribution in [1.29, 1.82) is 0 Å². The van der Waals surface area contributed by atoms with Crippen LogP contribution in [-0.2, 0) is 11.2 Å². The van der Waals surface area contributed by atoms with Gasteiger partial charge in [0.05, 0.1) is 5.69 Å². The molecule has 0 fully saturated rings. The molecule has 1 atom stereocenters. The molecule has 0 spiro atoms. The molecule has 2 nitrogen and oxygen atoms in total. The molecule has 0 amide bonds. The normalized spacial score (nSPS) is 24.1. The maximum absolute atomic E-state index is 11.3. The zero-order valence-electron chi connectivity index (χ0n) is 9.98. The summed E-state index contributed by atoms with van der Waals surface area (Å²) in [6.45, 7) is 0. The summed E-state index contributed by atoms with van der Waals surface area (Å²) in [7, 11) is 0. The molecular formula is C15H17NO. The molecule has 0 N–H and O–H groups in total. The van der Waals surface area contributed by atoms with Crippen molar-refractivity contribution in [3.05, 3.63) is 41.2 Å². The molecule has 1 unspecified atom stereocenters. The van der Waals surface area contributed by atoms with Crippen LogP contribution in [0.25, 0.3) is 0 Å². The monoisotopic (exact) mass is 227 g/mol. The highest BCUT2D eigenvalue weighted by Crippen LogP contribution is 2.38. The molecule has 88 valence electrons. The largest absolute Gasteiger partial charge is 0.299 e. The molecule has 17 heavy (non-hydrogen) atoms. The SMILES string of the molecule is O=C1CC=C(C2CCCc3cccnc32)CC1. The second-order valence-electron chi connectivity index (χ2n) is 5.01. The first-order valence-corrected chi connectivity index (χ1v) is 6.49. The van der Waals surface area contributed by atoms with E-state index < -0.39 is 0 Å².